The van der Waals surface area contributed by atoms with Gasteiger partial charge in [0.25, 0.3) is 5.82 Å². The molecule has 1 aromatic carbocycles. The first-order valence-electron chi connectivity index (χ1n) is 5.98. The number of benzene rings is 1. The first-order chi connectivity index (χ1) is 9.69. The second-order valence-corrected chi connectivity index (χ2v) is 4.57. The Kier molecular flexibility index (Phi) is 5.07. The summed E-state index contributed by atoms with van der Waals surface area (Å²) in [6.07, 6.45) is 0.668. The van der Waals surface area contributed by atoms with E-state index in [2.05, 4.69) is 10.1 Å². The Bertz CT molecular complexity index is 608. The highest BCUT2D eigenvalue weighted by atomic mass is 35.5. The van der Waals surface area contributed by atoms with Crippen LogP contribution >= 0.6 is 11.6 Å². The van der Waals surface area contributed by atoms with Crippen LogP contribution in [0.3, 0.4) is 0 Å². The van der Waals surface area contributed by atoms with E-state index in [1.165, 1.54) is 11.0 Å². The lowest BCUT2D eigenvalue weighted by Crippen LogP contribution is -2.22. The van der Waals surface area contributed by atoms with Crippen molar-refractivity contribution in [3.05, 3.63) is 47.0 Å². The van der Waals surface area contributed by atoms with E-state index < -0.39 is 6.10 Å². The monoisotopic (exact) mass is 292 g/mol. The molecule has 0 aliphatic heterocycles. The van der Waals surface area contributed by atoms with Gasteiger partial charge in [-0.05, 0) is 11.6 Å². The summed E-state index contributed by atoms with van der Waals surface area (Å²) in [6, 6.07) is 9.19. The molecule has 104 valence electrons. The third-order valence-corrected chi connectivity index (χ3v) is 2.93. The fraction of sp³-hybridized carbons (Fsp3) is 0.308. The molecule has 0 spiro atoms. The summed E-state index contributed by atoms with van der Waals surface area (Å²) in [7, 11) is 0. The van der Waals surface area contributed by atoms with Crippen molar-refractivity contribution in [2.24, 2.45) is 0 Å². The Balaban J connectivity index is 1.77. The van der Waals surface area contributed by atoms with Crippen LogP contribution in [0.25, 0.3) is 0 Å². The minimum absolute atomic E-state index is 0.0779. The third kappa shape index (κ3) is 4.03. The van der Waals surface area contributed by atoms with E-state index in [1.807, 2.05) is 24.3 Å². The molecule has 0 aliphatic carbocycles. The zero-order valence-electron chi connectivity index (χ0n) is 10.6. The second kappa shape index (κ2) is 7.01. The Morgan fingerprint density at radius 2 is 2.25 bits per heavy atom. The molecule has 0 amide bonds. The topological polar surface area (TPSA) is 84.0 Å². The molecule has 0 fully saturated rings. The standard InChI is InChI=1S/C13H13ClN4O2/c14-12-4-2-1-3-10(12)7-20-8-11(19)6-18-9-16-13(5-15)17-18/h1-4,9,11,19H,6-8H2/t11-/m0/s1. The van der Waals surface area contributed by atoms with Crippen LogP contribution in [-0.4, -0.2) is 32.6 Å². The van der Waals surface area contributed by atoms with Crippen molar-refractivity contribution in [2.75, 3.05) is 6.61 Å². The molecular weight excluding hydrogens is 280 g/mol. The lowest BCUT2D eigenvalue weighted by Gasteiger charge is -2.11. The van der Waals surface area contributed by atoms with Crippen LogP contribution in [0, 0.1) is 11.3 Å². The van der Waals surface area contributed by atoms with Crippen molar-refractivity contribution in [3.63, 3.8) is 0 Å². The first-order valence-corrected chi connectivity index (χ1v) is 6.35. The van der Waals surface area contributed by atoms with Gasteiger partial charge in [-0.25, -0.2) is 9.67 Å². The summed E-state index contributed by atoms with van der Waals surface area (Å²) in [5.74, 6) is 0.0779. The summed E-state index contributed by atoms with van der Waals surface area (Å²) >= 11 is 5.99. The molecule has 0 aliphatic rings. The minimum atomic E-state index is -0.731. The van der Waals surface area contributed by atoms with Crippen molar-refractivity contribution in [3.8, 4) is 6.07 Å². The predicted octanol–water partition coefficient (Wildman–Crippen LogP) is 1.38. The molecule has 1 N–H and O–H groups in total. The number of hydrogen-bond donors (Lipinski definition) is 1. The average molecular weight is 293 g/mol. The van der Waals surface area contributed by atoms with Crippen molar-refractivity contribution >= 4 is 11.6 Å². The van der Waals surface area contributed by atoms with Crippen LogP contribution in [0.4, 0.5) is 0 Å². The quantitative estimate of drug-likeness (QED) is 0.869. The van der Waals surface area contributed by atoms with Crippen LogP contribution in [0.15, 0.2) is 30.6 Å². The second-order valence-electron chi connectivity index (χ2n) is 4.16. The molecule has 2 aromatic rings. The number of aliphatic hydroxyl groups is 1. The number of nitrogens with zero attached hydrogens (tertiary/aromatic N) is 4. The molecule has 0 saturated heterocycles. The van der Waals surface area contributed by atoms with Gasteiger partial charge >= 0.3 is 0 Å². The van der Waals surface area contributed by atoms with Crippen LogP contribution in [0.5, 0.6) is 0 Å². The van der Waals surface area contributed by atoms with Crippen LogP contribution < -0.4 is 0 Å². The molecule has 7 heteroatoms. The molecule has 2 rings (SSSR count). The van der Waals surface area contributed by atoms with Crippen molar-refractivity contribution < 1.29 is 9.84 Å². The van der Waals surface area contributed by atoms with E-state index in [4.69, 9.17) is 21.6 Å². The molecule has 0 unspecified atom stereocenters. The highest BCUT2D eigenvalue weighted by molar-refractivity contribution is 6.31. The lowest BCUT2D eigenvalue weighted by atomic mass is 10.2. The van der Waals surface area contributed by atoms with Gasteiger partial charge in [-0.1, -0.05) is 29.8 Å². The van der Waals surface area contributed by atoms with Gasteiger partial charge in [-0.15, -0.1) is 5.10 Å². The normalized spacial score (nSPS) is 12.1. The van der Waals surface area contributed by atoms with E-state index in [0.29, 0.717) is 11.6 Å². The Hall–Kier alpha value is -1.94. The van der Waals surface area contributed by atoms with Gasteiger partial charge in [0, 0.05) is 5.02 Å². The van der Waals surface area contributed by atoms with Crippen LogP contribution in [0.1, 0.15) is 11.4 Å². The van der Waals surface area contributed by atoms with Gasteiger partial charge in [-0.2, -0.15) is 5.26 Å². The largest absolute Gasteiger partial charge is 0.389 e. The molecule has 1 atom stereocenters. The maximum atomic E-state index is 9.80. The zero-order valence-corrected chi connectivity index (χ0v) is 11.4. The molecule has 1 heterocycles. The fourth-order valence-electron chi connectivity index (χ4n) is 1.62. The SMILES string of the molecule is N#Cc1ncn(C[C@H](O)COCc2ccccc2Cl)n1. The number of rotatable bonds is 6. The highest BCUT2D eigenvalue weighted by Crippen LogP contribution is 2.15. The number of halogens is 1. The summed E-state index contributed by atoms with van der Waals surface area (Å²) in [5, 5.41) is 22.9. The van der Waals surface area contributed by atoms with Gasteiger partial charge in [0.2, 0.25) is 0 Å². The predicted molar refractivity (Wildman–Crippen MR) is 71.9 cm³/mol. The van der Waals surface area contributed by atoms with Gasteiger partial charge in [0.1, 0.15) is 12.4 Å². The van der Waals surface area contributed by atoms with Gasteiger partial charge in [-0.3, -0.25) is 0 Å². The Morgan fingerprint density at radius 3 is 2.95 bits per heavy atom. The third-order valence-electron chi connectivity index (χ3n) is 2.56. The van der Waals surface area contributed by atoms with E-state index >= 15 is 0 Å². The Morgan fingerprint density at radius 1 is 1.45 bits per heavy atom. The molecule has 1 aromatic heterocycles. The maximum absolute atomic E-state index is 9.80. The Labute approximate surface area is 121 Å². The summed E-state index contributed by atoms with van der Waals surface area (Å²) in [4.78, 5) is 3.75. The van der Waals surface area contributed by atoms with Crippen molar-refractivity contribution in [2.45, 2.75) is 19.3 Å². The summed E-state index contributed by atoms with van der Waals surface area (Å²) in [6.45, 7) is 0.696. The van der Waals surface area contributed by atoms with E-state index in [9.17, 15) is 5.11 Å². The summed E-state index contributed by atoms with van der Waals surface area (Å²) < 4.78 is 6.81. The molecule has 0 saturated carbocycles. The van der Waals surface area contributed by atoms with E-state index in [0.717, 1.165) is 5.56 Å². The van der Waals surface area contributed by atoms with Gasteiger partial charge in [0.05, 0.1) is 25.9 Å². The van der Waals surface area contributed by atoms with E-state index in [1.54, 1.807) is 6.07 Å². The van der Waals surface area contributed by atoms with Gasteiger partial charge < -0.3 is 9.84 Å². The number of hydrogen-bond acceptors (Lipinski definition) is 5. The molecule has 0 radical (unpaired) electrons. The smallest absolute Gasteiger partial charge is 0.252 e. The molecule has 0 bridgehead atoms. The first kappa shape index (κ1) is 14.5. The fourth-order valence-corrected chi connectivity index (χ4v) is 1.81. The minimum Gasteiger partial charge on any atom is -0.389 e. The zero-order chi connectivity index (χ0) is 14.4. The van der Waals surface area contributed by atoms with E-state index in [-0.39, 0.29) is 19.0 Å². The average Bonchev–Trinajstić information content (AvgIpc) is 2.88. The number of nitriles is 1. The van der Waals surface area contributed by atoms with Crippen molar-refractivity contribution in [1.82, 2.24) is 14.8 Å². The molecule has 6 nitrogen and oxygen atoms in total. The molecule has 20 heavy (non-hydrogen) atoms. The number of aliphatic hydroxyl groups excluding tert-OH is 1. The van der Waals surface area contributed by atoms with Crippen molar-refractivity contribution in [1.29, 1.82) is 5.26 Å². The number of ether oxygens (including phenoxy) is 1. The highest BCUT2D eigenvalue weighted by Gasteiger charge is 2.08. The number of aromatic nitrogens is 3. The lowest BCUT2D eigenvalue weighted by molar-refractivity contribution is 0.0187. The summed E-state index contributed by atoms with van der Waals surface area (Å²) in [5.41, 5.74) is 0.869. The maximum Gasteiger partial charge on any atom is 0.252 e. The van der Waals surface area contributed by atoms with Crippen LogP contribution in [0.2, 0.25) is 5.02 Å². The molecular formula is C13H13ClN4O2. The van der Waals surface area contributed by atoms with Crippen LogP contribution in [-0.2, 0) is 17.9 Å². The van der Waals surface area contributed by atoms with Gasteiger partial charge in [0.15, 0.2) is 0 Å².